The molecule has 0 saturated carbocycles. The molecule has 1 nitrogen and oxygen atoms in total. The maximum Gasteiger partial charge on any atom is 0.393 e. The lowest BCUT2D eigenvalue weighted by atomic mass is 9.97. The van der Waals surface area contributed by atoms with Gasteiger partial charge in [-0.05, 0) is 25.0 Å². The number of alkyl halides is 4. The quantitative estimate of drug-likeness (QED) is 0.554. The van der Waals surface area contributed by atoms with Gasteiger partial charge in [0.05, 0.1) is 12.5 Å². The van der Waals surface area contributed by atoms with Gasteiger partial charge in [0.1, 0.15) is 5.75 Å². The van der Waals surface area contributed by atoms with Crippen LogP contribution in [0.3, 0.4) is 0 Å². The molecule has 0 radical (unpaired) electrons. The van der Waals surface area contributed by atoms with Gasteiger partial charge in [0.2, 0.25) is 0 Å². The minimum atomic E-state index is -4.19. The van der Waals surface area contributed by atoms with Crippen LogP contribution in [0.1, 0.15) is 32.6 Å². The summed E-state index contributed by atoms with van der Waals surface area (Å²) in [5.74, 6) is -0.758. The number of halogens is 4. The van der Waals surface area contributed by atoms with Crippen molar-refractivity contribution in [1.29, 1.82) is 0 Å². The summed E-state index contributed by atoms with van der Waals surface area (Å²) < 4.78 is 44.5. The molecule has 0 aliphatic rings. The lowest BCUT2D eigenvalue weighted by molar-refractivity contribution is -0.177. The van der Waals surface area contributed by atoms with Gasteiger partial charge in [0.15, 0.2) is 0 Å². The van der Waals surface area contributed by atoms with Crippen LogP contribution in [-0.2, 0) is 0 Å². The van der Waals surface area contributed by atoms with Gasteiger partial charge in [-0.1, -0.05) is 53.9 Å². The summed E-state index contributed by atoms with van der Waals surface area (Å²) in [6, 6.07) is 8.91. The second-order valence-corrected chi connectivity index (χ2v) is 5.93. The summed E-state index contributed by atoms with van der Waals surface area (Å²) in [5.41, 5.74) is 0. The minimum absolute atomic E-state index is 0.0297. The number of unbranched alkanes of at least 4 members (excludes halogenated alkanes) is 1. The number of hydrogen-bond donors (Lipinski definition) is 0. The lowest BCUT2D eigenvalue weighted by Gasteiger charge is -2.25. The fourth-order valence-corrected chi connectivity index (χ4v) is 2.86. The Morgan fingerprint density at radius 3 is 2.35 bits per heavy atom. The molecule has 0 spiro atoms. The van der Waals surface area contributed by atoms with Crippen LogP contribution in [0.25, 0.3) is 0 Å². The Hall–Kier alpha value is -0.710. The first-order chi connectivity index (χ1) is 9.45. The van der Waals surface area contributed by atoms with Gasteiger partial charge in [0.25, 0.3) is 0 Å². The van der Waals surface area contributed by atoms with Crippen LogP contribution >= 0.6 is 15.9 Å². The molecule has 0 fully saturated rings. The highest BCUT2D eigenvalue weighted by molar-refractivity contribution is 9.09. The van der Waals surface area contributed by atoms with E-state index >= 15 is 0 Å². The average molecular weight is 353 g/mol. The highest BCUT2D eigenvalue weighted by Crippen LogP contribution is 2.36. The first-order valence-electron chi connectivity index (χ1n) is 6.83. The fraction of sp³-hybridized carbons (Fsp3) is 0.600. The summed E-state index contributed by atoms with van der Waals surface area (Å²) >= 11 is 3.19. The van der Waals surface area contributed by atoms with E-state index in [1.807, 2.05) is 13.0 Å². The predicted octanol–water partition coefficient (Wildman–Crippen LogP) is 5.59. The molecule has 5 heteroatoms. The van der Waals surface area contributed by atoms with E-state index in [4.69, 9.17) is 4.74 Å². The minimum Gasteiger partial charge on any atom is -0.494 e. The molecule has 114 valence electrons. The van der Waals surface area contributed by atoms with E-state index in [1.54, 1.807) is 24.3 Å². The van der Waals surface area contributed by atoms with Gasteiger partial charge in [-0.15, -0.1) is 0 Å². The van der Waals surface area contributed by atoms with Crippen molar-refractivity contribution in [2.75, 3.05) is 6.61 Å². The summed E-state index contributed by atoms with van der Waals surface area (Å²) in [4.78, 5) is -0.540. The zero-order chi connectivity index (χ0) is 15.0. The third-order valence-electron chi connectivity index (χ3n) is 3.13. The van der Waals surface area contributed by atoms with Crippen molar-refractivity contribution in [3.05, 3.63) is 30.3 Å². The van der Waals surface area contributed by atoms with Gasteiger partial charge in [-0.2, -0.15) is 13.2 Å². The number of para-hydroxylation sites is 1. The van der Waals surface area contributed by atoms with Crippen LogP contribution in [0.5, 0.6) is 5.75 Å². The van der Waals surface area contributed by atoms with E-state index in [0.717, 1.165) is 12.8 Å². The molecule has 2 unspecified atom stereocenters. The average Bonchev–Trinajstić information content (AvgIpc) is 2.40. The topological polar surface area (TPSA) is 9.23 Å². The van der Waals surface area contributed by atoms with Gasteiger partial charge >= 0.3 is 6.18 Å². The van der Waals surface area contributed by atoms with Gasteiger partial charge in [-0.3, -0.25) is 0 Å². The SMILES string of the molecule is CCCCC(Br)C(CCOc1ccccc1)C(F)(F)F. The Bertz CT molecular complexity index is 367. The van der Waals surface area contributed by atoms with E-state index < -0.39 is 16.9 Å². The van der Waals surface area contributed by atoms with Crippen molar-refractivity contribution in [3.63, 3.8) is 0 Å². The molecule has 2 atom stereocenters. The molecule has 0 aromatic heterocycles. The maximum atomic E-state index is 13.0. The van der Waals surface area contributed by atoms with Crippen LogP contribution in [0.2, 0.25) is 0 Å². The summed E-state index contributed by atoms with van der Waals surface area (Å²) in [6.45, 7) is 2.04. The first kappa shape index (κ1) is 17.3. The third kappa shape index (κ3) is 6.16. The lowest BCUT2D eigenvalue weighted by Crippen LogP contribution is -2.32. The molecule has 0 N–H and O–H groups in total. The molecule has 0 bridgehead atoms. The molecule has 1 rings (SSSR count). The Morgan fingerprint density at radius 1 is 1.15 bits per heavy atom. The van der Waals surface area contributed by atoms with Crippen LogP contribution in [0, 0.1) is 5.92 Å². The van der Waals surface area contributed by atoms with E-state index in [2.05, 4.69) is 15.9 Å². The second kappa shape index (κ2) is 8.55. The van der Waals surface area contributed by atoms with Crippen LogP contribution in [0.4, 0.5) is 13.2 Å². The molecule has 0 aliphatic carbocycles. The normalized spacial score (nSPS) is 14.8. The molecule has 0 aliphatic heterocycles. The molecule has 0 heterocycles. The largest absolute Gasteiger partial charge is 0.494 e. The Kier molecular flexibility index (Phi) is 7.41. The molecule has 0 saturated heterocycles. The first-order valence-corrected chi connectivity index (χ1v) is 7.75. The highest BCUT2D eigenvalue weighted by Gasteiger charge is 2.43. The van der Waals surface area contributed by atoms with Crippen molar-refractivity contribution in [2.45, 2.75) is 43.6 Å². The molecule has 1 aromatic rings. The van der Waals surface area contributed by atoms with Crippen LogP contribution in [-0.4, -0.2) is 17.6 Å². The van der Waals surface area contributed by atoms with E-state index in [-0.39, 0.29) is 13.0 Å². The molecular weight excluding hydrogens is 333 g/mol. The standard InChI is InChI=1S/C15H20BrF3O/c1-2-3-9-14(16)13(15(17,18)19)10-11-20-12-7-5-4-6-8-12/h4-8,13-14H,2-3,9-11H2,1H3. The monoisotopic (exact) mass is 352 g/mol. The van der Waals surface area contributed by atoms with Crippen LogP contribution in [0.15, 0.2) is 30.3 Å². The van der Waals surface area contributed by atoms with Gasteiger partial charge < -0.3 is 4.74 Å². The number of ether oxygens (including phenoxy) is 1. The van der Waals surface area contributed by atoms with Gasteiger partial charge in [0, 0.05) is 4.83 Å². The summed E-state index contributed by atoms with van der Waals surface area (Å²) in [6.07, 6.45) is -2.00. The zero-order valence-corrected chi connectivity index (χ0v) is 13.1. The summed E-state index contributed by atoms with van der Waals surface area (Å²) in [5, 5.41) is 0. The van der Waals surface area contributed by atoms with Crippen molar-refractivity contribution in [1.82, 2.24) is 0 Å². The van der Waals surface area contributed by atoms with Crippen molar-refractivity contribution in [3.8, 4) is 5.75 Å². The van der Waals surface area contributed by atoms with E-state index in [1.165, 1.54) is 0 Å². The second-order valence-electron chi connectivity index (χ2n) is 4.76. The fourth-order valence-electron chi connectivity index (χ4n) is 1.97. The van der Waals surface area contributed by atoms with E-state index in [9.17, 15) is 13.2 Å². The van der Waals surface area contributed by atoms with E-state index in [0.29, 0.717) is 12.2 Å². The van der Waals surface area contributed by atoms with Crippen molar-refractivity contribution < 1.29 is 17.9 Å². The Labute approximate surface area is 126 Å². The molecular formula is C15H20BrF3O. The number of hydrogen-bond acceptors (Lipinski definition) is 1. The van der Waals surface area contributed by atoms with Crippen molar-refractivity contribution in [2.24, 2.45) is 5.92 Å². The molecule has 1 aromatic carbocycles. The van der Waals surface area contributed by atoms with Crippen LogP contribution < -0.4 is 4.74 Å². The maximum absolute atomic E-state index is 13.0. The third-order valence-corrected chi connectivity index (χ3v) is 4.23. The molecule has 0 amide bonds. The predicted molar refractivity (Wildman–Crippen MR) is 78.3 cm³/mol. The zero-order valence-electron chi connectivity index (χ0n) is 11.5. The van der Waals surface area contributed by atoms with Crippen molar-refractivity contribution >= 4 is 15.9 Å². The number of benzene rings is 1. The Balaban J connectivity index is 2.49. The molecule has 20 heavy (non-hydrogen) atoms. The van der Waals surface area contributed by atoms with Gasteiger partial charge in [-0.25, -0.2) is 0 Å². The number of rotatable bonds is 8. The Morgan fingerprint density at radius 2 is 1.80 bits per heavy atom. The summed E-state index contributed by atoms with van der Waals surface area (Å²) in [7, 11) is 0. The smallest absolute Gasteiger partial charge is 0.393 e. The highest BCUT2D eigenvalue weighted by atomic mass is 79.9.